The third-order valence-electron chi connectivity index (χ3n) is 5.27. The summed E-state index contributed by atoms with van der Waals surface area (Å²) in [5.41, 5.74) is 28.4. The number of nitrogens with one attached hydrogen (secondary N) is 2. The standard InChI is InChI=1S/C15H22N2O.C8H18N4O.C5H12N2/c1-10(16)12-7-5-11(6-8-12)9-13(17)14(18)15(2,3)4;1-8(2,3)6(13)5(9)4-12-7(10)11;1-5(2,3)4(6)7/h5-8,13,16H,9,17H2,1-4H3;5H,4,9H2,1-3H3,(H4,10,11,12);1-3H3,(H3,6,7). The number of rotatable bonds is 7. The van der Waals surface area contributed by atoms with Gasteiger partial charge in [0.15, 0.2) is 17.5 Å². The Morgan fingerprint density at radius 3 is 1.42 bits per heavy atom. The summed E-state index contributed by atoms with van der Waals surface area (Å²) in [6.07, 6.45) is 0.549. The summed E-state index contributed by atoms with van der Waals surface area (Å²) in [5.74, 6) is 0.233. The molecule has 38 heavy (non-hydrogen) atoms. The molecule has 0 radical (unpaired) electrons. The van der Waals surface area contributed by atoms with E-state index in [0.717, 1.165) is 11.1 Å². The van der Waals surface area contributed by atoms with Gasteiger partial charge in [-0.2, -0.15) is 0 Å². The van der Waals surface area contributed by atoms with Crippen LogP contribution in [0.15, 0.2) is 29.3 Å². The second-order valence-electron chi connectivity index (χ2n) is 12.4. The molecule has 1 aromatic rings. The first-order chi connectivity index (χ1) is 16.9. The molecular formula is C28H52N8O2. The number of Topliss-reactive ketones (excluding diaryl/α,β-unsaturated/α-hetero) is 2. The predicted molar refractivity (Wildman–Crippen MR) is 160 cm³/mol. The second-order valence-corrected chi connectivity index (χ2v) is 12.4. The monoisotopic (exact) mass is 532 g/mol. The number of carbonyl (C=O) groups is 2. The SMILES string of the molecule is CC(=N)c1ccc(CC(N)C(=O)C(C)(C)C)cc1.CC(C)(C)C(=N)N.CC(C)(C)C(=O)C(N)CN=C(N)N. The summed E-state index contributed by atoms with van der Waals surface area (Å²) >= 11 is 0. The molecular weight excluding hydrogens is 480 g/mol. The molecule has 0 saturated carbocycles. The highest BCUT2D eigenvalue weighted by molar-refractivity contribution is 5.96. The molecule has 2 unspecified atom stereocenters. The third-order valence-corrected chi connectivity index (χ3v) is 5.27. The molecule has 10 heteroatoms. The summed E-state index contributed by atoms with van der Waals surface area (Å²) in [7, 11) is 0. The molecule has 0 bridgehead atoms. The first kappa shape index (κ1) is 37.0. The number of carbonyl (C=O) groups excluding carboxylic acids is 2. The molecule has 1 aromatic carbocycles. The van der Waals surface area contributed by atoms with Crippen molar-refractivity contribution in [1.29, 1.82) is 10.8 Å². The maximum atomic E-state index is 12.0. The van der Waals surface area contributed by atoms with E-state index < -0.39 is 22.9 Å². The van der Waals surface area contributed by atoms with Gasteiger partial charge >= 0.3 is 0 Å². The van der Waals surface area contributed by atoms with Crippen LogP contribution in [0.3, 0.4) is 0 Å². The fraction of sp³-hybridized carbons (Fsp3) is 0.607. The Morgan fingerprint density at radius 2 is 1.13 bits per heavy atom. The summed E-state index contributed by atoms with van der Waals surface area (Å²) in [4.78, 5) is 27.2. The molecule has 2 atom stereocenters. The van der Waals surface area contributed by atoms with Gasteiger partial charge in [0.25, 0.3) is 0 Å². The lowest BCUT2D eigenvalue weighted by Crippen LogP contribution is -2.41. The highest BCUT2D eigenvalue weighted by Gasteiger charge is 2.27. The highest BCUT2D eigenvalue weighted by Crippen LogP contribution is 2.18. The molecule has 0 saturated heterocycles. The van der Waals surface area contributed by atoms with Crippen LogP contribution in [0.1, 0.15) is 80.4 Å². The quantitative estimate of drug-likeness (QED) is 0.205. The zero-order valence-electron chi connectivity index (χ0n) is 25.0. The largest absolute Gasteiger partial charge is 0.387 e. The Morgan fingerprint density at radius 1 is 0.763 bits per heavy atom. The van der Waals surface area contributed by atoms with Gasteiger partial charge in [-0.25, -0.2) is 0 Å². The van der Waals surface area contributed by atoms with E-state index in [1.165, 1.54) is 0 Å². The Balaban J connectivity index is 0. The van der Waals surface area contributed by atoms with Gasteiger partial charge in [0.1, 0.15) is 0 Å². The van der Waals surface area contributed by atoms with Crippen molar-refractivity contribution in [3.05, 3.63) is 35.4 Å². The average Bonchev–Trinajstić information content (AvgIpc) is 2.75. The van der Waals surface area contributed by atoms with Crippen molar-refractivity contribution in [3.8, 4) is 0 Å². The lowest BCUT2D eigenvalue weighted by Gasteiger charge is -2.21. The number of ketones is 2. The van der Waals surface area contributed by atoms with Gasteiger partial charge in [-0.15, -0.1) is 0 Å². The fourth-order valence-electron chi connectivity index (χ4n) is 2.64. The van der Waals surface area contributed by atoms with Gasteiger partial charge < -0.3 is 34.1 Å². The van der Waals surface area contributed by atoms with Crippen LogP contribution in [-0.4, -0.2) is 47.7 Å². The summed E-state index contributed by atoms with van der Waals surface area (Å²) in [5, 5.41) is 14.4. The number of hydrogen-bond acceptors (Lipinski definition) is 7. The van der Waals surface area contributed by atoms with Crippen LogP contribution in [-0.2, 0) is 16.0 Å². The number of amidine groups is 1. The molecule has 0 aliphatic rings. The van der Waals surface area contributed by atoms with E-state index in [9.17, 15) is 9.59 Å². The van der Waals surface area contributed by atoms with E-state index >= 15 is 0 Å². The Kier molecular flexibility index (Phi) is 15.0. The fourth-order valence-corrected chi connectivity index (χ4v) is 2.64. The highest BCUT2D eigenvalue weighted by atomic mass is 16.1. The molecule has 0 aliphatic carbocycles. The second kappa shape index (κ2) is 15.3. The topological polar surface area (TPSA) is 224 Å². The summed E-state index contributed by atoms with van der Waals surface area (Å²) in [6.45, 7) is 18.7. The van der Waals surface area contributed by atoms with Crippen molar-refractivity contribution in [3.63, 3.8) is 0 Å². The zero-order valence-corrected chi connectivity index (χ0v) is 25.0. The number of guanidine groups is 1. The van der Waals surface area contributed by atoms with Crippen molar-refractivity contribution >= 4 is 29.1 Å². The molecule has 0 aliphatic heterocycles. The first-order valence-electron chi connectivity index (χ1n) is 12.5. The van der Waals surface area contributed by atoms with Crippen LogP contribution in [0.5, 0.6) is 0 Å². The predicted octanol–water partition coefficient (Wildman–Crippen LogP) is 2.73. The van der Waals surface area contributed by atoms with E-state index in [0.29, 0.717) is 12.1 Å². The zero-order chi connectivity index (χ0) is 30.6. The third kappa shape index (κ3) is 15.9. The lowest BCUT2D eigenvalue weighted by atomic mass is 9.84. The van der Waals surface area contributed by atoms with Gasteiger partial charge in [-0.05, 0) is 24.5 Å². The minimum absolute atomic E-state index is 0.0440. The molecule has 0 heterocycles. The van der Waals surface area contributed by atoms with Crippen molar-refractivity contribution in [2.45, 2.75) is 87.7 Å². The van der Waals surface area contributed by atoms with Crippen LogP contribution >= 0.6 is 0 Å². The van der Waals surface area contributed by atoms with Crippen LogP contribution < -0.4 is 28.7 Å². The van der Waals surface area contributed by atoms with Gasteiger partial charge in [0.2, 0.25) is 0 Å². The normalized spacial score (nSPS) is 12.9. The van der Waals surface area contributed by atoms with Crippen LogP contribution in [0.4, 0.5) is 0 Å². The van der Waals surface area contributed by atoms with Crippen LogP contribution in [0.25, 0.3) is 0 Å². The van der Waals surface area contributed by atoms with E-state index in [2.05, 4.69) is 4.99 Å². The van der Waals surface area contributed by atoms with Crippen LogP contribution in [0.2, 0.25) is 0 Å². The Hall–Kier alpha value is -3.11. The lowest BCUT2D eigenvalue weighted by molar-refractivity contribution is -0.128. The van der Waals surface area contributed by atoms with Crippen LogP contribution in [0, 0.1) is 27.1 Å². The van der Waals surface area contributed by atoms with Gasteiger partial charge in [-0.1, -0.05) is 86.6 Å². The van der Waals surface area contributed by atoms with Crippen molar-refractivity contribution in [2.24, 2.45) is 49.9 Å². The number of benzene rings is 1. The molecule has 0 spiro atoms. The van der Waals surface area contributed by atoms with Crippen molar-refractivity contribution < 1.29 is 9.59 Å². The molecule has 216 valence electrons. The average molecular weight is 533 g/mol. The van der Waals surface area contributed by atoms with Crippen molar-refractivity contribution in [1.82, 2.24) is 0 Å². The molecule has 12 N–H and O–H groups in total. The number of hydrogen-bond donors (Lipinski definition) is 7. The maximum Gasteiger partial charge on any atom is 0.185 e. The summed E-state index contributed by atoms with van der Waals surface area (Å²) in [6, 6.07) is 6.57. The molecule has 1 rings (SSSR count). The van der Waals surface area contributed by atoms with E-state index in [1.807, 2.05) is 86.6 Å². The Bertz CT molecular complexity index is 959. The molecule has 10 nitrogen and oxygen atoms in total. The number of nitrogens with two attached hydrogens (primary N) is 5. The number of aliphatic imine (C=N–C) groups is 1. The van der Waals surface area contributed by atoms with E-state index in [-0.39, 0.29) is 35.3 Å². The van der Waals surface area contributed by atoms with E-state index in [4.69, 9.17) is 39.5 Å². The van der Waals surface area contributed by atoms with Gasteiger partial charge in [0, 0.05) is 22.0 Å². The van der Waals surface area contributed by atoms with E-state index in [1.54, 1.807) is 6.92 Å². The van der Waals surface area contributed by atoms with Gasteiger partial charge in [0.05, 0.1) is 24.5 Å². The Labute approximate surface area is 229 Å². The molecule has 0 aromatic heterocycles. The maximum absolute atomic E-state index is 12.0. The first-order valence-corrected chi connectivity index (χ1v) is 12.5. The summed E-state index contributed by atoms with van der Waals surface area (Å²) < 4.78 is 0. The minimum atomic E-state index is -0.623. The van der Waals surface area contributed by atoms with Gasteiger partial charge in [-0.3, -0.25) is 20.0 Å². The number of nitrogens with zero attached hydrogens (tertiary/aromatic N) is 1. The smallest absolute Gasteiger partial charge is 0.185 e. The molecule has 0 fully saturated rings. The minimum Gasteiger partial charge on any atom is -0.387 e. The molecule has 0 amide bonds. The van der Waals surface area contributed by atoms with Crippen molar-refractivity contribution in [2.75, 3.05) is 6.54 Å².